The normalized spacial score (nSPS) is 35.6. The van der Waals surface area contributed by atoms with E-state index in [4.69, 9.17) is 0 Å². The second-order valence-electron chi connectivity index (χ2n) is 8.79. The average molecular weight is 295 g/mol. The van der Waals surface area contributed by atoms with Crippen molar-refractivity contribution in [2.24, 2.45) is 22.7 Å². The third-order valence-electron chi connectivity index (χ3n) is 5.88. The first-order valence-electron chi connectivity index (χ1n) is 8.66. The molecule has 0 bridgehead atoms. The SMILES string of the molecule is CC1(C(=O)O)CCCN(CC2CCC(C(C)(C)C)CC2)C1. The molecule has 3 nitrogen and oxygen atoms in total. The van der Waals surface area contributed by atoms with Gasteiger partial charge in [0.2, 0.25) is 0 Å². The number of likely N-dealkylation sites (tertiary alicyclic amines) is 1. The van der Waals surface area contributed by atoms with Gasteiger partial charge in [0.1, 0.15) is 0 Å². The molecule has 0 aromatic heterocycles. The van der Waals surface area contributed by atoms with Crippen molar-refractivity contribution in [2.45, 2.75) is 66.2 Å². The van der Waals surface area contributed by atoms with Crippen molar-refractivity contribution < 1.29 is 9.90 Å². The lowest BCUT2D eigenvalue weighted by atomic mass is 9.69. The van der Waals surface area contributed by atoms with Crippen molar-refractivity contribution in [1.29, 1.82) is 0 Å². The third kappa shape index (κ3) is 4.21. The molecule has 1 aliphatic heterocycles. The van der Waals surface area contributed by atoms with Crippen molar-refractivity contribution in [3.8, 4) is 0 Å². The summed E-state index contributed by atoms with van der Waals surface area (Å²) in [6.07, 6.45) is 7.19. The van der Waals surface area contributed by atoms with Gasteiger partial charge in [0.15, 0.2) is 0 Å². The summed E-state index contributed by atoms with van der Waals surface area (Å²) in [7, 11) is 0. The Labute approximate surface area is 130 Å². The molecule has 1 saturated carbocycles. The summed E-state index contributed by atoms with van der Waals surface area (Å²) in [5, 5.41) is 9.42. The quantitative estimate of drug-likeness (QED) is 0.854. The molecule has 21 heavy (non-hydrogen) atoms. The van der Waals surface area contributed by atoms with E-state index in [-0.39, 0.29) is 0 Å². The molecular weight excluding hydrogens is 262 g/mol. The molecule has 1 unspecified atom stereocenters. The zero-order valence-electron chi connectivity index (χ0n) is 14.3. The molecule has 1 aliphatic carbocycles. The Morgan fingerprint density at radius 2 is 1.86 bits per heavy atom. The lowest BCUT2D eigenvalue weighted by molar-refractivity contribution is -0.151. The van der Waals surface area contributed by atoms with Crippen molar-refractivity contribution in [3.05, 3.63) is 0 Å². The van der Waals surface area contributed by atoms with Gasteiger partial charge in [0.25, 0.3) is 0 Å². The van der Waals surface area contributed by atoms with Crippen molar-refractivity contribution in [3.63, 3.8) is 0 Å². The fourth-order valence-corrected chi connectivity index (χ4v) is 4.25. The lowest BCUT2D eigenvalue weighted by Crippen LogP contribution is -2.47. The molecular formula is C18H33NO2. The van der Waals surface area contributed by atoms with E-state index in [1.54, 1.807) is 0 Å². The second kappa shape index (κ2) is 6.28. The van der Waals surface area contributed by atoms with Crippen molar-refractivity contribution in [1.82, 2.24) is 4.90 Å². The van der Waals surface area contributed by atoms with Crippen LogP contribution in [0, 0.1) is 22.7 Å². The first-order chi connectivity index (χ1) is 9.71. The number of piperidine rings is 1. The van der Waals surface area contributed by atoms with E-state index in [0.717, 1.165) is 44.3 Å². The highest BCUT2D eigenvalue weighted by atomic mass is 16.4. The number of carboxylic acids is 1. The predicted molar refractivity (Wildman–Crippen MR) is 86.3 cm³/mol. The Morgan fingerprint density at radius 1 is 1.24 bits per heavy atom. The monoisotopic (exact) mass is 295 g/mol. The van der Waals surface area contributed by atoms with Crippen LogP contribution in [0.2, 0.25) is 0 Å². The lowest BCUT2D eigenvalue weighted by Gasteiger charge is -2.42. The van der Waals surface area contributed by atoms with Crippen molar-refractivity contribution >= 4 is 5.97 Å². The fourth-order valence-electron chi connectivity index (χ4n) is 4.25. The van der Waals surface area contributed by atoms with Crippen LogP contribution in [-0.2, 0) is 4.79 Å². The molecule has 0 aromatic carbocycles. The molecule has 0 aromatic rings. The Bertz CT molecular complexity index is 366. The summed E-state index contributed by atoms with van der Waals surface area (Å²) in [6.45, 7) is 11.9. The van der Waals surface area contributed by atoms with E-state index in [2.05, 4.69) is 25.7 Å². The summed E-state index contributed by atoms with van der Waals surface area (Å²) in [4.78, 5) is 13.9. The molecule has 1 heterocycles. The maximum Gasteiger partial charge on any atom is 0.310 e. The largest absolute Gasteiger partial charge is 0.481 e. The molecule has 1 saturated heterocycles. The number of aliphatic carboxylic acids is 1. The first-order valence-corrected chi connectivity index (χ1v) is 8.66. The topological polar surface area (TPSA) is 40.5 Å². The third-order valence-corrected chi connectivity index (χ3v) is 5.88. The van der Waals surface area contributed by atoms with E-state index < -0.39 is 11.4 Å². The fraction of sp³-hybridized carbons (Fsp3) is 0.944. The molecule has 0 spiro atoms. The molecule has 1 N–H and O–H groups in total. The van der Waals surface area contributed by atoms with Crippen LogP contribution in [0.15, 0.2) is 0 Å². The Kier molecular flexibility index (Phi) is 5.02. The molecule has 2 fully saturated rings. The van der Waals surface area contributed by atoms with Gasteiger partial charge in [-0.25, -0.2) is 0 Å². The van der Waals surface area contributed by atoms with E-state index in [0.29, 0.717) is 5.41 Å². The molecule has 0 radical (unpaired) electrons. The zero-order chi connectivity index (χ0) is 15.7. The highest BCUT2D eigenvalue weighted by Gasteiger charge is 2.38. The molecule has 0 amide bonds. The van der Waals surface area contributed by atoms with Gasteiger partial charge in [0.05, 0.1) is 5.41 Å². The van der Waals surface area contributed by atoms with Gasteiger partial charge in [-0.2, -0.15) is 0 Å². The van der Waals surface area contributed by atoms with Crippen LogP contribution in [0.5, 0.6) is 0 Å². The number of hydrogen-bond donors (Lipinski definition) is 1. The van der Waals surface area contributed by atoms with Crippen LogP contribution in [0.3, 0.4) is 0 Å². The minimum atomic E-state index is -0.622. The van der Waals surface area contributed by atoms with Gasteiger partial charge in [0, 0.05) is 13.1 Å². The summed E-state index contributed by atoms with van der Waals surface area (Å²) >= 11 is 0. The molecule has 2 rings (SSSR count). The number of hydrogen-bond acceptors (Lipinski definition) is 2. The van der Waals surface area contributed by atoms with Crippen LogP contribution < -0.4 is 0 Å². The highest BCUT2D eigenvalue weighted by molar-refractivity contribution is 5.74. The maximum atomic E-state index is 11.4. The van der Waals surface area contributed by atoms with Gasteiger partial charge in [-0.1, -0.05) is 20.8 Å². The Hall–Kier alpha value is -0.570. The standard InChI is InChI=1S/C18H33NO2/c1-17(2,3)15-8-6-14(7-9-15)12-19-11-5-10-18(4,13-19)16(20)21/h14-15H,5-13H2,1-4H3,(H,20,21). The summed E-state index contributed by atoms with van der Waals surface area (Å²) in [5.41, 5.74) is -0.0845. The Morgan fingerprint density at radius 3 is 2.38 bits per heavy atom. The second-order valence-corrected chi connectivity index (χ2v) is 8.79. The van der Waals surface area contributed by atoms with Crippen LogP contribution >= 0.6 is 0 Å². The summed E-state index contributed by atoms with van der Waals surface area (Å²) in [5.74, 6) is 1.02. The summed E-state index contributed by atoms with van der Waals surface area (Å²) in [6, 6.07) is 0. The van der Waals surface area contributed by atoms with Crippen LogP contribution in [0.1, 0.15) is 66.2 Å². The van der Waals surface area contributed by atoms with Crippen LogP contribution in [0.4, 0.5) is 0 Å². The maximum absolute atomic E-state index is 11.4. The van der Waals surface area contributed by atoms with Crippen LogP contribution in [-0.4, -0.2) is 35.6 Å². The Balaban J connectivity index is 1.82. The number of rotatable bonds is 3. The number of carbonyl (C=O) groups is 1. The summed E-state index contributed by atoms with van der Waals surface area (Å²) < 4.78 is 0. The zero-order valence-corrected chi connectivity index (χ0v) is 14.3. The molecule has 122 valence electrons. The predicted octanol–water partition coefficient (Wildman–Crippen LogP) is 4.03. The van der Waals surface area contributed by atoms with Gasteiger partial charge in [-0.15, -0.1) is 0 Å². The number of nitrogens with zero attached hydrogens (tertiary/aromatic N) is 1. The van der Waals surface area contributed by atoms with Gasteiger partial charge < -0.3 is 10.0 Å². The average Bonchev–Trinajstić information content (AvgIpc) is 2.38. The van der Waals surface area contributed by atoms with E-state index in [1.807, 2.05) is 6.92 Å². The molecule has 3 heteroatoms. The minimum Gasteiger partial charge on any atom is -0.481 e. The molecule has 1 atom stereocenters. The molecule has 2 aliphatic rings. The van der Waals surface area contributed by atoms with Gasteiger partial charge in [-0.3, -0.25) is 4.79 Å². The van der Waals surface area contributed by atoms with Gasteiger partial charge in [-0.05, 0) is 69.2 Å². The number of carboxylic acid groups (broad SMARTS) is 1. The highest BCUT2D eigenvalue weighted by Crippen LogP contribution is 2.40. The van der Waals surface area contributed by atoms with Gasteiger partial charge >= 0.3 is 5.97 Å². The minimum absolute atomic E-state index is 0.442. The van der Waals surface area contributed by atoms with E-state index >= 15 is 0 Å². The van der Waals surface area contributed by atoms with E-state index in [9.17, 15) is 9.90 Å². The van der Waals surface area contributed by atoms with Crippen molar-refractivity contribution in [2.75, 3.05) is 19.6 Å². The first kappa shape index (κ1) is 16.8. The smallest absolute Gasteiger partial charge is 0.310 e. The van der Waals surface area contributed by atoms with E-state index in [1.165, 1.54) is 25.7 Å². The van der Waals surface area contributed by atoms with Crippen LogP contribution in [0.25, 0.3) is 0 Å².